The van der Waals surface area contributed by atoms with Gasteiger partial charge in [-0.05, 0) is 48.4 Å². The maximum Gasteiger partial charge on any atom is 0.414 e. The van der Waals surface area contributed by atoms with Crippen LogP contribution >= 0.6 is 11.8 Å². The van der Waals surface area contributed by atoms with Crippen molar-refractivity contribution in [2.24, 2.45) is 0 Å². The fourth-order valence-electron chi connectivity index (χ4n) is 3.10. The van der Waals surface area contributed by atoms with E-state index in [1.807, 2.05) is 12.1 Å². The molecule has 2 atom stereocenters. The van der Waals surface area contributed by atoms with Crippen molar-refractivity contribution < 1.29 is 29.0 Å². The summed E-state index contributed by atoms with van der Waals surface area (Å²) in [5, 5.41) is 10.9. The molecule has 0 saturated carbocycles. The van der Waals surface area contributed by atoms with Crippen LogP contribution in [-0.4, -0.2) is 46.9 Å². The van der Waals surface area contributed by atoms with Gasteiger partial charge in [-0.25, -0.2) is 4.79 Å². The second-order valence-corrected chi connectivity index (χ2v) is 7.85. The molecule has 150 valence electrons. The number of ether oxygens (including phenoxy) is 2. The number of imide groups is 1. The van der Waals surface area contributed by atoms with Gasteiger partial charge in [0.1, 0.15) is 18.1 Å². The standard InChI is InChI=1S/C20H18N2O6S/c23-14-5-3-13(4-6-14)22-10-16(28-20(22)26)11-27-15-7-1-12(2-8-15)9-17-18(24)21-19(25)29-17/h1-8,16-17,23H,9-11H2,(H,21,24,25). The summed E-state index contributed by atoms with van der Waals surface area (Å²) in [5.41, 5.74) is 1.57. The molecule has 29 heavy (non-hydrogen) atoms. The Hall–Kier alpha value is -3.20. The second-order valence-electron chi connectivity index (χ2n) is 6.68. The van der Waals surface area contributed by atoms with Gasteiger partial charge in [-0.1, -0.05) is 23.9 Å². The van der Waals surface area contributed by atoms with Gasteiger partial charge in [0.15, 0.2) is 6.10 Å². The van der Waals surface area contributed by atoms with Crippen LogP contribution < -0.4 is 15.0 Å². The van der Waals surface area contributed by atoms with Crippen molar-refractivity contribution in [3.63, 3.8) is 0 Å². The van der Waals surface area contributed by atoms with Crippen molar-refractivity contribution >= 4 is 34.7 Å². The van der Waals surface area contributed by atoms with Gasteiger partial charge in [0.25, 0.3) is 5.24 Å². The predicted octanol–water partition coefficient (Wildman–Crippen LogP) is 2.69. The van der Waals surface area contributed by atoms with Gasteiger partial charge in [-0.2, -0.15) is 0 Å². The SMILES string of the molecule is O=C1NC(=O)C(Cc2ccc(OCC3CN(c4ccc(O)cc4)C(=O)O3)cc2)S1. The van der Waals surface area contributed by atoms with Crippen LogP contribution in [0, 0.1) is 0 Å². The molecule has 2 N–H and O–H groups in total. The average molecular weight is 414 g/mol. The molecule has 0 aliphatic carbocycles. The molecule has 2 heterocycles. The predicted molar refractivity (Wildman–Crippen MR) is 106 cm³/mol. The molecule has 2 unspecified atom stereocenters. The number of carbonyl (C=O) groups excluding carboxylic acids is 3. The Kier molecular flexibility index (Phi) is 5.30. The first-order valence-corrected chi connectivity index (χ1v) is 9.86. The summed E-state index contributed by atoms with van der Waals surface area (Å²) in [6, 6.07) is 13.6. The number of phenols is 1. The molecular formula is C20H18N2O6S. The zero-order valence-corrected chi connectivity index (χ0v) is 16.1. The monoisotopic (exact) mass is 414 g/mol. The van der Waals surface area contributed by atoms with E-state index >= 15 is 0 Å². The zero-order chi connectivity index (χ0) is 20.4. The highest BCUT2D eigenvalue weighted by Crippen LogP contribution is 2.26. The average Bonchev–Trinajstić information content (AvgIpc) is 3.23. The van der Waals surface area contributed by atoms with E-state index in [9.17, 15) is 19.5 Å². The fraction of sp³-hybridized carbons (Fsp3) is 0.250. The van der Waals surface area contributed by atoms with E-state index in [1.54, 1.807) is 24.3 Å². The van der Waals surface area contributed by atoms with Crippen LogP contribution in [0.5, 0.6) is 11.5 Å². The number of nitrogens with zero attached hydrogens (tertiary/aromatic N) is 1. The first-order chi connectivity index (χ1) is 14.0. The summed E-state index contributed by atoms with van der Waals surface area (Å²) in [6.07, 6.45) is -0.410. The number of hydrogen-bond donors (Lipinski definition) is 2. The van der Waals surface area contributed by atoms with E-state index in [4.69, 9.17) is 9.47 Å². The van der Waals surface area contributed by atoms with Gasteiger partial charge < -0.3 is 14.6 Å². The van der Waals surface area contributed by atoms with E-state index in [1.165, 1.54) is 17.0 Å². The van der Waals surface area contributed by atoms with Crippen LogP contribution in [0.1, 0.15) is 5.56 Å². The normalized spacial score (nSPS) is 21.2. The molecule has 0 radical (unpaired) electrons. The van der Waals surface area contributed by atoms with Crippen LogP contribution in [0.25, 0.3) is 0 Å². The lowest BCUT2D eigenvalue weighted by Gasteiger charge is -2.13. The number of cyclic esters (lactones) is 1. The molecule has 0 spiro atoms. The summed E-state index contributed by atoms with van der Waals surface area (Å²) >= 11 is 1.00. The first kappa shape index (κ1) is 19.1. The van der Waals surface area contributed by atoms with Crippen molar-refractivity contribution in [3.8, 4) is 11.5 Å². The lowest BCUT2D eigenvalue weighted by atomic mass is 10.1. The summed E-state index contributed by atoms with van der Waals surface area (Å²) in [6.45, 7) is 0.554. The Labute approximate surface area is 170 Å². The summed E-state index contributed by atoms with van der Waals surface area (Å²) in [4.78, 5) is 36.4. The van der Waals surface area contributed by atoms with Crippen molar-refractivity contribution in [1.29, 1.82) is 0 Å². The highest BCUT2D eigenvalue weighted by Gasteiger charge is 2.33. The lowest BCUT2D eigenvalue weighted by Crippen LogP contribution is -2.26. The Morgan fingerprint density at radius 2 is 1.83 bits per heavy atom. The lowest BCUT2D eigenvalue weighted by molar-refractivity contribution is -0.118. The zero-order valence-electron chi connectivity index (χ0n) is 15.2. The summed E-state index contributed by atoms with van der Waals surface area (Å²) in [7, 11) is 0. The van der Waals surface area contributed by atoms with Gasteiger partial charge in [0.2, 0.25) is 5.91 Å². The number of thioether (sulfide) groups is 1. The third kappa shape index (κ3) is 4.45. The van der Waals surface area contributed by atoms with E-state index in [-0.39, 0.29) is 23.5 Å². The molecule has 0 bridgehead atoms. The third-order valence-electron chi connectivity index (χ3n) is 4.58. The Morgan fingerprint density at radius 3 is 2.48 bits per heavy atom. The number of phenolic OH excluding ortho intramolecular Hbond substituents is 1. The van der Waals surface area contributed by atoms with Crippen LogP contribution in [0.2, 0.25) is 0 Å². The van der Waals surface area contributed by atoms with Crippen LogP contribution in [-0.2, 0) is 16.0 Å². The largest absolute Gasteiger partial charge is 0.508 e. The van der Waals surface area contributed by atoms with E-state index < -0.39 is 17.4 Å². The van der Waals surface area contributed by atoms with E-state index in [0.29, 0.717) is 24.4 Å². The highest BCUT2D eigenvalue weighted by molar-refractivity contribution is 8.15. The minimum Gasteiger partial charge on any atom is -0.508 e. The molecule has 2 aromatic rings. The second kappa shape index (κ2) is 8.04. The molecule has 2 aliphatic heterocycles. The van der Waals surface area contributed by atoms with Crippen molar-refractivity contribution in [1.82, 2.24) is 5.32 Å². The summed E-state index contributed by atoms with van der Waals surface area (Å²) < 4.78 is 11.1. The molecule has 2 aromatic carbocycles. The highest BCUT2D eigenvalue weighted by atomic mass is 32.2. The number of amides is 3. The van der Waals surface area contributed by atoms with E-state index in [2.05, 4.69) is 5.32 Å². The smallest absolute Gasteiger partial charge is 0.414 e. The topological polar surface area (TPSA) is 105 Å². The number of nitrogens with one attached hydrogen (secondary N) is 1. The van der Waals surface area contributed by atoms with Gasteiger partial charge in [0, 0.05) is 5.69 Å². The number of benzene rings is 2. The molecule has 8 nitrogen and oxygen atoms in total. The molecule has 4 rings (SSSR count). The number of carbonyl (C=O) groups is 3. The molecule has 3 amide bonds. The van der Waals surface area contributed by atoms with Crippen molar-refractivity contribution in [2.75, 3.05) is 18.1 Å². The number of aromatic hydroxyl groups is 1. The van der Waals surface area contributed by atoms with Crippen LogP contribution in [0.4, 0.5) is 15.3 Å². The Balaban J connectivity index is 1.29. The van der Waals surface area contributed by atoms with Gasteiger partial charge in [-0.15, -0.1) is 0 Å². The molecule has 2 fully saturated rings. The fourth-order valence-corrected chi connectivity index (χ4v) is 3.96. The van der Waals surface area contributed by atoms with Gasteiger partial charge in [-0.3, -0.25) is 19.8 Å². The van der Waals surface area contributed by atoms with Gasteiger partial charge >= 0.3 is 6.09 Å². The minimum absolute atomic E-state index is 0.128. The number of rotatable bonds is 6. The summed E-state index contributed by atoms with van der Waals surface area (Å²) in [5.74, 6) is 0.484. The molecular weight excluding hydrogens is 396 g/mol. The Bertz CT molecular complexity index is 931. The van der Waals surface area contributed by atoms with Crippen LogP contribution in [0.3, 0.4) is 0 Å². The number of hydrogen-bond acceptors (Lipinski definition) is 7. The molecule has 2 aliphatic rings. The number of anilines is 1. The molecule has 2 saturated heterocycles. The van der Waals surface area contributed by atoms with E-state index in [0.717, 1.165) is 17.3 Å². The van der Waals surface area contributed by atoms with Crippen molar-refractivity contribution in [2.45, 2.75) is 17.8 Å². The minimum atomic E-state index is -0.457. The molecule has 0 aromatic heterocycles. The van der Waals surface area contributed by atoms with Crippen molar-refractivity contribution in [3.05, 3.63) is 54.1 Å². The van der Waals surface area contributed by atoms with Gasteiger partial charge in [0.05, 0.1) is 11.8 Å². The van der Waals surface area contributed by atoms with Crippen LogP contribution in [0.15, 0.2) is 48.5 Å². The first-order valence-electron chi connectivity index (χ1n) is 8.98. The Morgan fingerprint density at radius 1 is 1.10 bits per heavy atom. The third-order valence-corrected chi connectivity index (χ3v) is 5.56. The molecule has 9 heteroatoms. The maximum absolute atomic E-state index is 12.1. The quantitative estimate of drug-likeness (QED) is 0.749. The maximum atomic E-state index is 12.1.